The topological polar surface area (TPSA) is 80.1 Å². The molecule has 0 radical (unpaired) electrons. The predicted octanol–water partition coefficient (Wildman–Crippen LogP) is 3.50. The van der Waals surface area contributed by atoms with Crippen LogP contribution in [0.1, 0.15) is 49.7 Å². The number of esters is 1. The van der Waals surface area contributed by atoms with Crippen molar-refractivity contribution in [2.45, 2.75) is 45.7 Å². The standard InChI is InChI=1S/C24H30N2O5/c1-24(2,3)26(16-18-8-5-4-6-9-18)21(27)17-31-23(29)19-11-13-25(14-12-19)22(28)20-10-7-15-30-20/h4-10,15,19H,11-14,16-17H2,1-3H3. The van der Waals surface area contributed by atoms with E-state index in [1.165, 1.54) is 6.26 Å². The summed E-state index contributed by atoms with van der Waals surface area (Å²) in [5.74, 6) is -0.797. The number of ether oxygens (including phenoxy) is 1. The van der Waals surface area contributed by atoms with E-state index in [1.54, 1.807) is 21.9 Å². The largest absolute Gasteiger partial charge is 0.459 e. The van der Waals surface area contributed by atoms with Crippen molar-refractivity contribution < 1.29 is 23.5 Å². The lowest BCUT2D eigenvalue weighted by atomic mass is 9.97. The van der Waals surface area contributed by atoms with Gasteiger partial charge in [0.2, 0.25) is 0 Å². The van der Waals surface area contributed by atoms with E-state index < -0.39 is 5.54 Å². The van der Waals surface area contributed by atoms with Gasteiger partial charge in [0.15, 0.2) is 12.4 Å². The first-order valence-electron chi connectivity index (χ1n) is 10.6. The Morgan fingerprint density at radius 1 is 1.06 bits per heavy atom. The summed E-state index contributed by atoms with van der Waals surface area (Å²) in [6.07, 6.45) is 2.48. The van der Waals surface area contributed by atoms with Gasteiger partial charge in [-0.2, -0.15) is 0 Å². The van der Waals surface area contributed by atoms with Gasteiger partial charge in [0.25, 0.3) is 11.8 Å². The molecule has 0 bridgehead atoms. The fourth-order valence-corrected chi connectivity index (χ4v) is 3.67. The zero-order valence-electron chi connectivity index (χ0n) is 18.4. The smallest absolute Gasteiger partial charge is 0.309 e. The Morgan fingerprint density at radius 2 is 1.74 bits per heavy atom. The van der Waals surface area contributed by atoms with Crippen molar-refractivity contribution in [3.05, 3.63) is 60.1 Å². The minimum atomic E-state index is -0.406. The highest BCUT2D eigenvalue weighted by Crippen LogP contribution is 2.22. The van der Waals surface area contributed by atoms with Gasteiger partial charge in [-0.25, -0.2) is 0 Å². The van der Waals surface area contributed by atoms with Crippen molar-refractivity contribution in [2.24, 2.45) is 5.92 Å². The first-order valence-corrected chi connectivity index (χ1v) is 10.6. The maximum Gasteiger partial charge on any atom is 0.309 e. The minimum Gasteiger partial charge on any atom is -0.459 e. The molecular formula is C24H30N2O5. The Bertz CT molecular complexity index is 878. The van der Waals surface area contributed by atoms with E-state index in [2.05, 4.69) is 0 Å². The number of hydrogen-bond acceptors (Lipinski definition) is 5. The van der Waals surface area contributed by atoms with Crippen LogP contribution in [0, 0.1) is 5.92 Å². The molecule has 3 rings (SSSR count). The number of likely N-dealkylation sites (tertiary alicyclic amines) is 1. The van der Waals surface area contributed by atoms with Crippen LogP contribution in [0.4, 0.5) is 0 Å². The molecule has 2 amide bonds. The van der Waals surface area contributed by atoms with E-state index in [1.807, 2.05) is 51.1 Å². The van der Waals surface area contributed by atoms with E-state index in [9.17, 15) is 14.4 Å². The molecule has 7 nitrogen and oxygen atoms in total. The van der Waals surface area contributed by atoms with Crippen LogP contribution in [-0.4, -0.2) is 52.8 Å². The van der Waals surface area contributed by atoms with Crippen molar-refractivity contribution >= 4 is 17.8 Å². The molecule has 1 fully saturated rings. The van der Waals surface area contributed by atoms with Crippen LogP contribution in [-0.2, 0) is 20.9 Å². The van der Waals surface area contributed by atoms with Gasteiger partial charge >= 0.3 is 5.97 Å². The minimum absolute atomic E-state index is 0.172. The number of carbonyl (C=O) groups excluding carboxylic acids is 3. The van der Waals surface area contributed by atoms with Gasteiger partial charge in [0.05, 0.1) is 12.2 Å². The van der Waals surface area contributed by atoms with E-state index >= 15 is 0 Å². The number of rotatable bonds is 6. The lowest BCUT2D eigenvalue weighted by molar-refractivity contribution is -0.158. The van der Waals surface area contributed by atoms with Gasteiger partial charge in [0.1, 0.15) is 0 Å². The van der Waals surface area contributed by atoms with Crippen LogP contribution in [0.25, 0.3) is 0 Å². The second kappa shape index (κ2) is 9.81. The summed E-state index contributed by atoms with van der Waals surface area (Å²) in [6.45, 7) is 6.96. The Labute approximate surface area is 183 Å². The molecule has 2 heterocycles. The van der Waals surface area contributed by atoms with Crippen LogP contribution in [0.5, 0.6) is 0 Å². The highest BCUT2D eigenvalue weighted by atomic mass is 16.5. The molecule has 2 aromatic rings. The summed E-state index contributed by atoms with van der Waals surface area (Å²) in [7, 11) is 0. The molecule has 0 atom stereocenters. The maximum atomic E-state index is 12.8. The fraction of sp³-hybridized carbons (Fsp3) is 0.458. The predicted molar refractivity (Wildman–Crippen MR) is 115 cm³/mol. The molecule has 1 saturated heterocycles. The van der Waals surface area contributed by atoms with Gasteiger partial charge in [-0.3, -0.25) is 14.4 Å². The molecule has 0 saturated carbocycles. The number of nitrogens with zero attached hydrogens (tertiary/aromatic N) is 2. The molecule has 0 spiro atoms. The monoisotopic (exact) mass is 426 g/mol. The molecule has 1 aliphatic heterocycles. The van der Waals surface area contributed by atoms with E-state index in [0.29, 0.717) is 38.2 Å². The fourth-order valence-electron chi connectivity index (χ4n) is 3.67. The van der Waals surface area contributed by atoms with Crippen molar-refractivity contribution in [2.75, 3.05) is 19.7 Å². The molecule has 1 aromatic carbocycles. The Morgan fingerprint density at radius 3 is 2.32 bits per heavy atom. The molecule has 1 aromatic heterocycles. The van der Waals surface area contributed by atoms with Crippen LogP contribution in [0.2, 0.25) is 0 Å². The number of benzene rings is 1. The van der Waals surface area contributed by atoms with Crippen molar-refractivity contribution in [3.8, 4) is 0 Å². The lowest BCUT2D eigenvalue weighted by Gasteiger charge is -2.36. The Balaban J connectivity index is 1.50. The number of hydrogen-bond donors (Lipinski definition) is 0. The average Bonchev–Trinajstić information content (AvgIpc) is 3.30. The summed E-state index contributed by atoms with van der Waals surface area (Å²) in [4.78, 5) is 41.1. The molecule has 31 heavy (non-hydrogen) atoms. The average molecular weight is 427 g/mol. The third kappa shape index (κ3) is 5.96. The molecule has 166 valence electrons. The third-order valence-electron chi connectivity index (χ3n) is 5.48. The van der Waals surface area contributed by atoms with Gasteiger partial charge in [-0.15, -0.1) is 0 Å². The van der Waals surface area contributed by atoms with Crippen molar-refractivity contribution in [1.82, 2.24) is 9.80 Å². The molecule has 0 unspecified atom stereocenters. The van der Waals surface area contributed by atoms with Gasteiger partial charge < -0.3 is 19.0 Å². The summed E-state index contributed by atoms with van der Waals surface area (Å²) in [5, 5.41) is 0. The first kappa shape index (κ1) is 22.6. The second-order valence-electron chi connectivity index (χ2n) is 8.79. The SMILES string of the molecule is CC(C)(C)N(Cc1ccccc1)C(=O)COC(=O)C1CCN(C(=O)c2ccco2)CC1. The maximum absolute atomic E-state index is 12.8. The molecular weight excluding hydrogens is 396 g/mol. The van der Waals surface area contributed by atoms with Crippen LogP contribution in [0.3, 0.4) is 0 Å². The Hall–Kier alpha value is -3.09. The molecule has 1 aliphatic rings. The summed E-state index contributed by atoms with van der Waals surface area (Å²) >= 11 is 0. The zero-order valence-corrected chi connectivity index (χ0v) is 18.4. The van der Waals surface area contributed by atoms with Crippen molar-refractivity contribution in [1.29, 1.82) is 0 Å². The number of furan rings is 1. The molecule has 0 aliphatic carbocycles. The number of piperidine rings is 1. The third-order valence-corrected chi connectivity index (χ3v) is 5.48. The second-order valence-corrected chi connectivity index (χ2v) is 8.79. The van der Waals surface area contributed by atoms with Gasteiger partial charge in [-0.05, 0) is 51.3 Å². The van der Waals surface area contributed by atoms with Crippen LogP contribution >= 0.6 is 0 Å². The van der Waals surface area contributed by atoms with Gasteiger partial charge in [-0.1, -0.05) is 30.3 Å². The zero-order chi connectivity index (χ0) is 22.4. The Kier molecular flexibility index (Phi) is 7.15. The molecule has 7 heteroatoms. The highest BCUT2D eigenvalue weighted by molar-refractivity contribution is 5.91. The first-order chi connectivity index (χ1) is 14.8. The summed E-state index contributed by atoms with van der Waals surface area (Å²) < 4.78 is 10.5. The van der Waals surface area contributed by atoms with Crippen molar-refractivity contribution in [3.63, 3.8) is 0 Å². The number of carbonyl (C=O) groups is 3. The van der Waals surface area contributed by atoms with Gasteiger partial charge in [0, 0.05) is 25.2 Å². The lowest BCUT2D eigenvalue weighted by Crippen LogP contribution is -2.47. The quantitative estimate of drug-likeness (QED) is 0.661. The summed E-state index contributed by atoms with van der Waals surface area (Å²) in [6, 6.07) is 13.0. The number of amides is 2. The van der Waals surface area contributed by atoms with E-state index in [-0.39, 0.29) is 30.3 Å². The molecule has 0 N–H and O–H groups in total. The normalized spacial score (nSPS) is 14.9. The van der Waals surface area contributed by atoms with E-state index in [0.717, 1.165) is 5.56 Å². The highest BCUT2D eigenvalue weighted by Gasteiger charge is 2.31. The van der Waals surface area contributed by atoms with Crippen LogP contribution in [0.15, 0.2) is 53.1 Å². The van der Waals surface area contributed by atoms with Crippen LogP contribution < -0.4 is 0 Å². The summed E-state index contributed by atoms with van der Waals surface area (Å²) in [5.41, 5.74) is 0.613. The van der Waals surface area contributed by atoms with E-state index in [4.69, 9.17) is 9.15 Å².